The van der Waals surface area contributed by atoms with Crippen LogP contribution in [0, 0.1) is 18.3 Å². The minimum absolute atomic E-state index is 0.148. The Morgan fingerprint density at radius 1 is 1.37 bits per heavy atom. The number of nitrogens with zero attached hydrogens (tertiary/aromatic N) is 2. The third-order valence-corrected chi connectivity index (χ3v) is 3.72. The van der Waals surface area contributed by atoms with Gasteiger partial charge in [0.15, 0.2) is 0 Å². The molecular formula is C14H10N2O2S. The predicted molar refractivity (Wildman–Crippen MR) is 71.2 cm³/mol. The largest absolute Gasteiger partial charge is 0.478 e. The molecule has 0 fully saturated rings. The Balaban J connectivity index is 2.32. The summed E-state index contributed by atoms with van der Waals surface area (Å²) in [5.74, 6) is -1.00. The fourth-order valence-electron chi connectivity index (χ4n) is 1.55. The molecule has 0 unspecified atom stereocenters. The summed E-state index contributed by atoms with van der Waals surface area (Å²) in [6, 6.07) is 10.8. The van der Waals surface area contributed by atoms with Crippen LogP contribution in [0.5, 0.6) is 0 Å². The SMILES string of the molecule is Cc1cccc(C#N)c1Sc1ccc(C(=O)O)cn1. The molecule has 0 atom stereocenters. The van der Waals surface area contributed by atoms with Crippen molar-refractivity contribution in [3.63, 3.8) is 0 Å². The molecule has 19 heavy (non-hydrogen) atoms. The number of aromatic nitrogens is 1. The Labute approximate surface area is 114 Å². The number of carbonyl (C=O) groups is 1. The van der Waals surface area contributed by atoms with Gasteiger partial charge in [0.05, 0.1) is 11.1 Å². The molecule has 0 aliphatic carbocycles. The molecule has 0 saturated carbocycles. The summed E-state index contributed by atoms with van der Waals surface area (Å²) in [6.45, 7) is 1.93. The molecule has 5 heteroatoms. The Morgan fingerprint density at radius 3 is 2.74 bits per heavy atom. The summed E-state index contributed by atoms with van der Waals surface area (Å²) in [5.41, 5.74) is 1.73. The molecule has 2 rings (SSSR count). The van der Waals surface area contributed by atoms with Crippen LogP contribution >= 0.6 is 11.8 Å². The minimum atomic E-state index is -1.00. The first-order valence-corrected chi connectivity index (χ1v) is 6.30. The second-order valence-electron chi connectivity index (χ2n) is 3.86. The minimum Gasteiger partial charge on any atom is -0.478 e. The zero-order valence-electron chi connectivity index (χ0n) is 10.1. The summed E-state index contributed by atoms with van der Waals surface area (Å²) in [7, 11) is 0. The second-order valence-corrected chi connectivity index (χ2v) is 4.89. The molecule has 1 N–H and O–H groups in total. The van der Waals surface area contributed by atoms with Crippen LogP contribution in [0.1, 0.15) is 21.5 Å². The van der Waals surface area contributed by atoms with Gasteiger partial charge in [-0.1, -0.05) is 23.9 Å². The highest BCUT2D eigenvalue weighted by atomic mass is 32.2. The number of carboxylic acid groups (broad SMARTS) is 1. The van der Waals surface area contributed by atoms with Gasteiger partial charge in [0.2, 0.25) is 0 Å². The first-order chi connectivity index (χ1) is 9.11. The maximum absolute atomic E-state index is 10.7. The van der Waals surface area contributed by atoms with Crippen molar-refractivity contribution < 1.29 is 9.90 Å². The van der Waals surface area contributed by atoms with Crippen molar-refractivity contribution in [3.05, 3.63) is 53.2 Å². The van der Waals surface area contributed by atoms with Gasteiger partial charge in [-0.25, -0.2) is 9.78 Å². The Morgan fingerprint density at radius 2 is 2.16 bits per heavy atom. The van der Waals surface area contributed by atoms with E-state index >= 15 is 0 Å². The van der Waals surface area contributed by atoms with E-state index in [1.165, 1.54) is 24.0 Å². The summed E-state index contributed by atoms with van der Waals surface area (Å²) in [5, 5.41) is 18.5. The lowest BCUT2D eigenvalue weighted by atomic mass is 10.1. The van der Waals surface area contributed by atoms with Crippen LogP contribution in [-0.2, 0) is 0 Å². The normalized spacial score (nSPS) is 9.89. The standard InChI is InChI=1S/C14H10N2O2S/c1-9-3-2-4-10(7-15)13(9)19-12-6-5-11(8-16-12)14(17)18/h2-6,8H,1H3,(H,17,18). The zero-order valence-corrected chi connectivity index (χ0v) is 10.9. The van der Waals surface area contributed by atoms with E-state index in [0.717, 1.165) is 10.5 Å². The number of aryl methyl sites for hydroxylation is 1. The first kappa shape index (κ1) is 13.1. The van der Waals surface area contributed by atoms with Crippen LogP contribution in [0.15, 0.2) is 46.5 Å². The van der Waals surface area contributed by atoms with Gasteiger partial charge in [-0.05, 0) is 30.7 Å². The average Bonchev–Trinajstić information content (AvgIpc) is 2.41. The summed E-state index contributed by atoms with van der Waals surface area (Å²) in [4.78, 5) is 15.7. The topological polar surface area (TPSA) is 74.0 Å². The predicted octanol–water partition coefficient (Wildman–Crippen LogP) is 3.11. The van der Waals surface area contributed by atoms with Crippen LogP contribution in [0.4, 0.5) is 0 Å². The molecular weight excluding hydrogens is 260 g/mol. The average molecular weight is 270 g/mol. The van der Waals surface area contributed by atoms with Gasteiger partial charge in [0.1, 0.15) is 11.1 Å². The first-order valence-electron chi connectivity index (χ1n) is 5.48. The monoisotopic (exact) mass is 270 g/mol. The second kappa shape index (κ2) is 5.55. The van der Waals surface area contributed by atoms with Crippen molar-refractivity contribution in [1.29, 1.82) is 5.26 Å². The van der Waals surface area contributed by atoms with Crippen molar-refractivity contribution in [2.45, 2.75) is 16.8 Å². The van der Waals surface area contributed by atoms with Gasteiger partial charge in [-0.2, -0.15) is 5.26 Å². The third kappa shape index (κ3) is 2.92. The van der Waals surface area contributed by atoms with E-state index in [-0.39, 0.29) is 5.56 Å². The van der Waals surface area contributed by atoms with E-state index in [1.54, 1.807) is 12.1 Å². The van der Waals surface area contributed by atoms with Crippen molar-refractivity contribution in [3.8, 4) is 6.07 Å². The lowest BCUT2D eigenvalue weighted by Crippen LogP contribution is -1.96. The lowest BCUT2D eigenvalue weighted by molar-refractivity contribution is 0.0696. The highest BCUT2D eigenvalue weighted by Gasteiger charge is 2.09. The summed E-state index contributed by atoms with van der Waals surface area (Å²) in [6.07, 6.45) is 1.31. The molecule has 0 saturated heterocycles. The maximum atomic E-state index is 10.7. The van der Waals surface area contributed by atoms with E-state index in [0.29, 0.717) is 10.6 Å². The molecule has 94 valence electrons. The van der Waals surface area contributed by atoms with Gasteiger partial charge in [0, 0.05) is 11.1 Å². The maximum Gasteiger partial charge on any atom is 0.337 e. The van der Waals surface area contributed by atoms with Crippen molar-refractivity contribution in [2.24, 2.45) is 0 Å². The lowest BCUT2D eigenvalue weighted by Gasteiger charge is -2.06. The molecule has 4 nitrogen and oxygen atoms in total. The molecule has 0 amide bonds. The van der Waals surface area contributed by atoms with Gasteiger partial charge < -0.3 is 5.11 Å². The van der Waals surface area contributed by atoms with Gasteiger partial charge in [-0.15, -0.1) is 0 Å². The highest BCUT2D eigenvalue weighted by Crippen LogP contribution is 2.31. The van der Waals surface area contributed by atoms with Crippen molar-refractivity contribution in [2.75, 3.05) is 0 Å². The number of rotatable bonds is 3. The number of pyridine rings is 1. The Kier molecular flexibility index (Phi) is 3.83. The molecule has 2 aromatic rings. The summed E-state index contributed by atoms with van der Waals surface area (Å²) < 4.78 is 0. The van der Waals surface area contributed by atoms with E-state index < -0.39 is 5.97 Å². The van der Waals surface area contributed by atoms with Crippen LogP contribution < -0.4 is 0 Å². The summed E-state index contributed by atoms with van der Waals surface area (Å²) >= 11 is 1.36. The number of benzene rings is 1. The van der Waals surface area contributed by atoms with E-state index in [2.05, 4.69) is 11.1 Å². The number of hydrogen-bond donors (Lipinski definition) is 1. The van der Waals surface area contributed by atoms with Crippen molar-refractivity contribution >= 4 is 17.7 Å². The fourth-order valence-corrected chi connectivity index (χ4v) is 2.45. The molecule has 0 radical (unpaired) electrons. The zero-order chi connectivity index (χ0) is 13.8. The molecule has 1 aromatic carbocycles. The van der Waals surface area contributed by atoms with Crippen molar-refractivity contribution in [1.82, 2.24) is 4.98 Å². The van der Waals surface area contributed by atoms with Gasteiger partial charge >= 0.3 is 5.97 Å². The molecule has 0 spiro atoms. The fraction of sp³-hybridized carbons (Fsp3) is 0.0714. The highest BCUT2D eigenvalue weighted by molar-refractivity contribution is 7.99. The number of aromatic carboxylic acids is 1. The van der Waals surface area contributed by atoms with Crippen LogP contribution in [0.2, 0.25) is 0 Å². The van der Waals surface area contributed by atoms with Gasteiger partial charge in [-0.3, -0.25) is 0 Å². The smallest absolute Gasteiger partial charge is 0.337 e. The van der Waals surface area contributed by atoms with Gasteiger partial charge in [0.25, 0.3) is 0 Å². The third-order valence-electron chi connectivity index (χ3n) is 2.52. The van der Waals surface area contributed by atoms with E-state index in [1.807, 2.05) is 19.1 Å². The molecule has 1 aromatic heterocycles. The Hall–Kier alpha value is -2.32. The van der Waals surface area contributed by atoms with Crippen LogP contribution in [-0.4, -0.2) is 16.1 Å². The van der Waals surface area contributed by atoms with E-state index in [9.17, 15) is 4.79 Å². The van der Waals surface area contributed by atoms with Crippen LogP contribution in [0.3, 0.4) is 0 Å². The number of nitriles is 1. The quantitative estimate of drug-likeness (QED) is 0.927. The number of carboxylic acids is 1. The Bertz CT molecular complexity index is 660. The molecule has 0 aliphatic heterocycles. The molecule has 0 aliphatic rings. The van der Waals surface area contributed by atoms with E-state index in [4.69, 9.17) is 10.4 Å². The number of hydrogen-bond acceptors (Lipinski definition) is 4. The molecule has 1 heterocycles. The molecule has 0 bridgehead atoms. The van der Waals surface area contributed by atoms with Crippen LogP contribution in [0.25, 0.3) is 0 Å².